The van der Waals surface area contributed by atoms with E-state index in [1.165, 1.54) is 7.11 Å². The number of hydrogen-bond donors (Lipinski definition) is 1. The number of benzene rings is 1. The summed E-state index contributed by atoms with van der Waals surface area (Å²) in [6.07, 6.45) is 0.856. The van der Waals surface area contributed by atoms with Gasteiger partial charge in [0, 0.05) is 15.9 Å². The highest BCUT2D eigenvalue weighted by Gasteiger charge is 2.15. The number of carbonyl (C=O) groups is 1. The van der Waals surface area contributed by atoms with E-state index >= 15 is 0 Å². The van der Waals surface area contributed by atoms with Crippen molar-refractivity contribution in [2.75, 3.05) is 7.11 Å². The Bertz CT molecular complexity index is 423. The first-order valence-corrected chi connectivity index (χ1v) is 7.02. The Labute approximate surface area is 121 Å². The fourth-order valence-electron chi connectivity index (χ4n) is 1.71. The Morgan fingerprint density at radius 1 is 1.50 bits per heavy atom. The van der Waals surface area contributed by atoms with Gasteiger partial charge < -0.3 is 10.1 Å². The lowest BCUT2D eigenvalue weighted by molar-refractivity contribution is 0.0935. The Morgan fingerprint density at radius 3 is 2.72 bits per heavy atom. The average molecular weight is 335 g/mol. The second kappa shape index (κ2) is 7.00. The molecule has 0 saturated heterocycles. The van der Waals surface area contributed by atoms with Crippen LogP contribution in [0.3, 0.4) is 0 Å². The van der Waals surface area contributed by atoms with Crippen LogP contribution in [-0.2, 0) is 0 Å². The van der Waals surface area contributed by atoms with Crippen molar-refractivity contribution in [3.05, 3.63) is 28.8 Å². The Hall–Kier alpha value is -0.740. The van der Waals surface area contributed by atoms with Gasteiger partial charge in [-0.15, -0.1) is 0 Å². The summed E-state index contributed by atoms with van der Waals surface area (Å²) in [6, 6.07) is 5.08. The van der Waals surface area contributed by atoms with Crippen LogP contribution in [0.4, 0.5) is 0 Å². The van der Waals surface area contributed by atoms with E-state index in [0.717, 1.165) is 6.42 Å². The van der Waals surface area contributed by atoms with Crippen LogP contribution < -0.4 is 10.1 Å². The first-order chi connectivity index (χ1) is 8.43. The van der Waals surface area contributed by atoms with Gasteiger partial charge in [0.2, 0.25) is 0 Å². The van der Waals surface area contributed by atoms with Crippen molar-refractivity contribution in [2.24, 2.45) is 0 Å². The van der Waals surface area contributed by atoms with Crippen LogP contribution >= 0.6 is 27.5 Å². The van der Waals surface area contributed by atoms with E-state index in [-0.39, 0.29) is 11.9 Å². The third kappa shape index (κ3) is 4.50. The van der Waals surface area contributed by atoms with Crippen LogP contribution in [0.15, 0.2) is 18.2 Å². The monoisotopic (exact) mass is 333 g/mol. The molecule has 0 aliphatic carbocycles. The zero-order chi connectivity index (χ0) is 13.7. The lowest BCUT2D eigenvalue weighted by atomic mass is 10.1. The molecule has 0 fully saturated rings. The molecule has 5 heteroatoms. The molecule has 2 atom stereocenters. The molecular formula is C13H17BrClNO2. The second-order valence-electron chi connectivity index (χ2n) is 4.24. The van der Waals surface area contributed by atoms with Crippen molar-refractivity contribution < 1.29 is 9.53 Å². The summed E-state index contributed by atoms with van der Waals surface area (Å²) in [6.45, 7) is 4.01. The van der Waals surface area contributed by atoms with E-state index in [0.29, 0.717) is 21.2 Å². The van der Waals surface area contributed by atoms with Crippen molar-refractivity contribution in [3.63, 3.8) is 0 Å². The van der Waals surface area contributed by atoms with E-state index < -0.39 is 0 Å². The summed E-state index contributed by atoms with van der Waals surface area (Å²) >= 11 is 9.36. The van der Waals surface area contributed by atoms with Gasteiger partial charge in [-0.3, -0.25) is 4.79 Å². The fourth-order valence-corrected chi connectivity index (χ4v) is 2.44. The van der Waals surface area contributed by atoms with Gasteiger partial charge in [0.15, 0.2) is 0 Å². The molecule has 18 heavy (non-hydrogen) atoms. The van der Waals surface area contributed by atoms with Crippen LogP contribution in [-0.4, -0.2) is 23.9 Å². The topological polar surface area (TPSA) is 38.3 Å². The van der Waals surface area contributed by atoms with Gasteiger partial charge in [-0.05, 0) is 31.5 Å². The van der Waals surface area contributed by atoms with Gasteiger partial charge in [-0.2, -0.15) is 0 Å². The Balaban J connectivity index is 2.80. The summed E-state index contributed by atoms with van der Waals surface area (Å²) in [5.74, 6) is 0.353. The predicted molar refractivity (Wildman–Crippen MR) is 77.9 cm³/mol. The van der Waals surface area contributed by atoms with E-state index in [4.69, 9.17) is 16.3 Å². The zero-order valence-corrected chi connectivity index (χ0v) is 13.0. The highest BCUT2D eigenvalue weighted by atomic mass is 79.9. The lowest BCUT2D eigenvalue weighted by Crippen LogP contribution is -2.34. The first-order valence-electron chi connectivity index (χ1n) is 5.72. The maximum absolute atomic E-state index is 12.1. The summed E-state index contributed by atoms with van der Waals surface area (Å²) in [5.41, 5.74) is 0.457. The number of ether oxygens (including phenoxy) is 1. The molecule has 0 bridgehead atoms. The molecule has 1 amide bonds. The average Bonchev–Trinajstić information content (AvgIpc) is 2.27. The van der Waals surface area contributed by atoms with Crippen LogP contribution in [0.25, 0.3) is 0 Å². The van der Waals surface area contributed by atoms with E-state index in [2.05, 4.69) is 21.2 Å². The van der Waals surface area contributed by atoms with E-state index in [1.807, 2.05) is 13.8 Å². The minimum Gasteiger partial charge on any atom is -0.496 e. The van der Waals surface area contributed by atoms with Crippen molar-refractivity contribution >= 4 is 33.4 Å². The minimum absolute atomic E-state index is 0.0792. The molecule has 0 saturated carbocycles. The van der Waals surface area contributed by atoms with E-state index in [9.17, 15) is 4.79 Å². The van der Waals surface area contributed by atoms with Crippen molar-refractivity contribution in [2.45, 2.75) is 31.1 Å². The van der Waals surface area contributed by atoms with Gasteiger partial charge in [0.1, 0.15) is 5.75 Å². The normalized spacial score (nSPS) is 13.8. The van der Waals surface area contributed by atoms with E-state index in [1.54, 1.807) is 18.2 Å². The number of carbonyl (C=O) groups excluding carboxylic acids is 1. The lowest BCUT2D eigenvalue weighted by Gasteiger charge is -2.16. The number of hydrogen-bond acceptors (Lipinski definition) is 2. The first kappa shape index (κ1) is 15.3. The molecule has 0 spiro atoms. The number of nitrogens with one attached hydrogen (secondary N) is 1. The summed E-state index contributed by atoms with van der Waals surface area (Å²) < 4.78 is 5.16. The van der Waals surface area contributed by atoms with Gasteiger partial charge in [-0.25, -0.2) is 0 Å². The largest absolute Gasteiger partial charge is 0.496 e. The number of rotatable bonds is 5. The highest BCUT2D eigenvalue weighted by Crippen LogP contribution is 2.22. The number of methoxy groups -OCH3 is 1. The minimum atomic E-state index is -0.171. The maximum atomic E-state index is 12.1. The summed E-state index contributed by atoms with van der Waals surface area (Å²) in [5, 5.41) is 3.44. The molecule has 1 aromatic carbocycles. The van der Waals surface area contributed by atoms with Crippen LogP contribution in [0.2, 0.25) is 5.02 Å². The van der Waals surface area contributed by atoms with Crippen molar-refractivity contribution in [3.8, 4) is 5.75 Å². The molecule has 3 nitrogen and oxygen atoms in total. The molecule has 1 N–H and O–H groups in total. The number of amides is 1. The molecule has 2 unspecified atom stereocenters. The third-order valence-corrected chi connectivity index (χ3v) is 3.07. The molecular weight excluding hydrogens is 318 g/mol. The molecule has 0 heterocycles. The van der Waals surface area contributed by atoms with Crippen molar-refractivity contribution in [1.29, 1.82) is 0 Å². The highest BCUT2D eigenvalue weighted by molar-refractivity contribution is 9.09. The summed E-state index contributed by atoms with van der Waals surface area (Å²) in [4.78, 5) is 12.5. The zero-order valence-electron chi connectivity index (χ0n) is 10.7. The smallest absolute Gasteiger partial charge is 0.255 e. The van der Waals surface area contributed by atoms with Gasteiger partial charge in [-0.1, -0.05) is 34.5 Å². The SMILES string of the molecule is COc1ccc(Cl)cc1C(=O)NC(C)CC(C)Br. The van der Waals surface area contributed by atoms with Gasteiger partial charge >= 0.3 is 0 Å². The number of halogens is 2. The second-order valence-corrected chi connectivity index (χ2v) is 6.24. The maximum Gasteiger partial charge on any atom is 0.255 e. The number of alkyl halides is 1. The molecule has 0 aliphatic heterocycles. The molecule has 0 aliphatic rings. The van der Waals surface area contributed by atoms with Crippen LogP contribution in [0.5, 0.6) is 5.75 Å². The molecule has 0 aromatic heterocycles. The molecule has 100 valence electrons. The molecule has 1 rings (SSSR count). The molecule has 0 radical (unpaired) electrons. The van der Waals surface area contributed by atoms with Gasteiger partial charge in [0.05, 0.1) is 12.7 Å². The van der Waals surface area contributed by atoms with Crippen molar-refractivity contribution in [1.82, 2.24) is 5.32 Å². The van der Waals surface area contributed by atoms with Gasteiger partial charge in [0.25, 0.3) is 5.91 Å². The third-order valence-electron chi connectivity index (χ3n) is 2.46. The quantitative estimate of drug-likeness (QED) is 0.835. The fraction of sp³-hybridized carbons (Fsp3) is 0.462. The predicted octanol–water partition coefficient (Wildman–Crippen LogP) is 3.64. The summed E-state index contributed by atoms with van der Waals surface area (Å²) in [7, 11) is 1.53. The Kier molecular flexibility index (Phi) is 5.96. The standard InChI is InChI=1S/C13H17BrClNO2/c1-8(14)6-9(2)16-13(17)11-7-10(15)4-5-12(11)18-3/h4-5,7-9H,6H2,1-3H3,(H,16,17). The molecule has 1 aromatic rings. The van der Waals surface area contributed by atoms with Crippen LogP contribution in [0.1, 0.15) is 30.6 Å². The Morgan fingerprint density at radius 2 is 2.17 bits per heavy atom. The van der Waals surface area contributed by atoms with Crippen LogP contribution in [0, 0.1) is 0 Å².